The summed E-state index contributed by atoms with van der Waals surface area (Å²) in [5.41, 5.74) is 1.26. The fraction of sp³-hybridized carbons (Fsp3) is 0.455. The van der Waals surface area contributed by atoms with Crippen LogP contribution < -0.4 is 10.2 Å². The van der Waals surface area contributed by atoms with Gasteiger partial charge < -0.3 is 10.2 Å². The first kappa shape index (κ1) is 12.6. The van der Waals surface area contributed by atoms with Crippen molar-refractivity contribution < 1.29 is 4.92 Å². The summed E-state index contributed by atoms with van der Waals surface area (Å²) in [5.74, 6) is 0. The zero-order valence-corrected chi connectivity index (χ0v) is 11.5. The number of halogens is 1. The first-order chi connectivity index (χ1) is 8.18. The van der Waals surface area contributed by atoms with E-state index >= 15 is 0 Å². The summed E-state index contributed by atoms with van der Waals surface area (Å²) in [5, 5.41) is 14.1. The van der Waals surface area contributed by atoms with Crippen LogP contribution in [-0.4, -0.2) is 31.1 Å². The Morgan fingerprint density at radius 2 is 2.18 bits per heavy atom. The Kier molecular flexibility index (Phi) is 4.16. The average Bonchev–Trinajstić information content (AvgIpc) is 2.56. The number of hydrogen-bond donors (Lipinski definition) is 1. The van der Waals surface area contributed by atoms with Crippen molar-refractivity contribution in [3.05, 3.63) is 31.9 Å². The molecule has 1 aliphatic rings. The van der Waals surface area contributed by atoms with Gasteiger partial charge in [-0.05, 0) is 47.7 Å². The van der Waals surface area contributed by atoms with Gasteiger partial charge in [-0.2, -0.15) is 0 Å². The minimum atomic E-state index is -0.338. The quantitative estimate of drug-likeness (QED) is 0.505. The summed E-state index contributed by atoms with van der Waals surface area (Å²) < 4.78 is 0.697. The molecule has 0 unspecified atom stereocenters. The summed E-state index contributed by atoms with van der Waals surface area (Å²) in [6.45, 7) is 3.96. The van der Waals surface area contributed by atoms with E-state index in [9.17, 15) is 10.1 Å². The van der Waals surface area contributed by atoms with E-state index in [-0.39, 0.29) is 10.6 Å². The molecule has 5 nitrogen and oxygen atoms in total. The van der Waals surface area contributed by atoms with Crippen LogP contribution in [0.15, 0.2) is 18.2 Å². The highest BCUT2D eigenvalue weighted by Crippen LogP contribution is 2.26. The van der Waals surface area contributed by atoms with E-state index in [0.717, 1.165) is 38.3 Å². The Bertz CT molecular complexity index is 417. The van der Waals surface area contributed by atoms with Gasteiger partial charge >= 0.3 is 0 Å². The van der Waals surface area contributed by atoms with Gasteiger partial charge in [-0.3, -0.25) is 10.1 Å². The van der Waals surface area contributed by atoms with E-state index < -0.39 is 0 Å². The molecule has 0 atom stereocenters. The van der Waals surface area contributed by atoms with E-state index in [1.807, 2.05) is 34.7 Å². The second-order valence-corrected chi connectivity index (χ2v) is 5.15. The highest BCUT2D eigenvalue weighted by molar-refractivity contribution is 14.1. The van der Waals surface area contributed by atoms with Crippen LogP contribution >= 0.6 is 22.6 Å². The van der Waals surface area contributed by atoms with Gasteiger partial charge in [0.1, 0.15) is 0 Å². The summed E-state index contributed by atoms with van der Waals surface area (Å²) in [7, 11) is 0. The van der Waals surface area contributed by atoms with Crippen molar-refractivity contribution >= 4 is 34.0 Å². The molecule has 0 bridgehead atoms. The standard InChI is InChI=1S/C11H14IN3O2/c12-10-8-9(2-3-11(10)15(16)17)14-6-1-4-13-5-7-14/h2-3,8,13H,1,4-7H2. The van der Waals surface area contributed by atoms with E-state index in [4.69, 9.17) is 0 Å². The predicted molar refractivity (Wildman–Crippen MR) is 75.5 cm³/mol. The maximum atomic E-state index is 10.7. The van der Waals surface area contributed by atoms with Crippen molar-refractivity contribution in [3.8, 4) is 0 Å². The Hall–Kier alpha value is -0.890. The summed E-state index contributed by atoms with van der Waals surface area (Å²) in [4.78, 5) is 12.7. The lowest BCUT2D eigenvalue weighted by Gasteiger charge is -2.22. The third kappa shape index (κ3) is 3.06. The number of nitro groups is 1. The largest absolute Gasteiger partial charge is 0.370 e. The van der Waals surface area contributed by atoms with Gasteiger partial charge in [0.15, 0.2) is 0 Å². The molecule has 1 aromatic rings. The Morgan fingerprint density at radius 3 is 2.88 bits per heavy atom. The second-order valence-electron chi connectivity index (χ2n) is 3.98. The minimum absolute atomic E-state index is 0.183. The van der Waals surface area contributed by atoms with Gasteiger partial charge in [0, 0.05) is 31.4 Å². The Morgan fingerprint density at radius 1 is 1.35 bits per heavy atom. The van der Waals surface area contributed by atoms with Crippen LogP contribution in [0.5, 0.6) is 0 Å². The molecular weight excluding hydrogens is 333 g/mol. The molecule has 0 aromatic heterocycles. The van der Waals surface area contributed by atoms with Crippen LogP contribution in [0.1, 0.15) is 6.42 Å². The summed E-state index contributed by atoms with van der Waals surface area (Å²) in [6, 6.07) is 5.32. The summed E-state index contributed by atoms with van der Waals surface area (Å²) in [6.07, 6.45) is 1.10. The molecule has 0 aliphatic carbocycles. The fourth-order valence-corrected chi connectivity index (χ4v) is 2.64. The third-order valence-corrected chi connectivity index (χ3v) is 3.70. The molecule has 1 aliphatic heterocycles. The zero-order chi connectivity index (χ0) is 12.3. The molecule has 1 heterocycles. The molecule has 0 radical (unpaired) electrons. The molecule has 2 rings (SSSR count). The van der Waals surface area contributed by atoms with Gasteiger partial charge in [-0.1, -0.05) is 0 Å². The van der Waals surface area contributed by atoms with E-state index in [1.165, 1.54) is 0 Å². The SMILES string of the molecule is O=[N+]([O-])c1ccc(N2CCCNCC2)cc1I. The van der Waals surface area contributed by atoms with E-state index in [2.05, 4.69) is 10.2 Å². The molecular formula is C11H14IN3O2. The minimum Gasteiger partial charge on any atom is -0.370 e. The van der Waals surface area contributed by atoms with Crippen LogP contribution in [0.4, 0.5) is 11.4 Å². The Labute approximate surface area is 113 Å². The number of nitro benzene ring substituents is 1. The first-order valence-corrected chi connectivity index (χ1v) is 6.66. The molecule has 1 fully saturated rings. The molecule has 1 saturated heterocycles. The second kappa shape index (κ2) is 5.63. The highest BCUT2D eigenvalue weighted by Gasteiger charge is 2.15. The lowest BCUT2D eigenvalue weighted by molar-refractivity contribution is -0.385. The normalized spacial score (nSPS) is 16.6. The molecule has 0 amide bonds. The third-order valence-electron chi connectivity index (χ3n) is 2.83. The molecule has 0 spiro atoms. The van der Waals surface area contributed by atoms with E-state index in [0.29, 0.717) is 3.57 Å². The van der Waals surface area contributed by atoms with Crippen molar-refractivity contribution in [2.45, 2.75) is 6.42 Å². The number of hydrogen-bond acceptors (Lipinski definition) is 4. The number of anilines is 1. The topological polar surface area (TPSA) is 58.4 Å². The van der Waals surface area contributed by atoms with Crippen molar-refractivity contribution in [2.24, 2.45) is 0 Å². The highest BCUT2D eigenvalue weighted by atomic mass is 127. The summed E-state index contributed by atoms with van der Waals surface area (Å²) >= 11 is 2.02. The van der Waals surface area contributed by atoms with E-state index in [1.54, 1.807) is 6.07 Å². The monoisotopic (exact) mass is 347 g/mol. The predicted octanol–water partition coefficient (Wildman–Crippen LogP) is 2.00. The molecule has 92 valence electrons. The van der Waals surface area contributed by atoms with Gasteiger partial charge in [-0.25, -0.2) is 0 Å². The number of rotatable bonds is 2. The number of nitrogens with zero attached hydrogens (tertiary/aromatic N) is 2. The van der Waals surface area contributed by atoms with Crippen molar-refractivity contribution in [1.29, 1.82) is 0 Å². The van der Waals surface area contributed by atoms with Crippen molar-refractivity contribution in [2.75, 3.05) is 31.1 Å². The van der Waals surface area contributed by atoms with Gasteiger partial charge in [0.25, 0.3) is 5.69 Å². The molecule has 17 heavy (non-hydrogen) atoms. The average molecular weight is 347 g/mol. The van der Waals surface area contributed by atoms with Crippen LogP contribution in [0, 0.1) is 13.7 Å². The molecule has 1 aromatic carbocycles. The lowest BCUT2D eigenvalue weighted by Crippen LogP contribution is -2.27. The van der Waals surface area contributed by atoms with Gasteiger partial charge in [0.05, 0.1) is 8.49 Å². The lowest BCUT2D eigenvalue weighted by atomic mass is 10.2. The number of benzene rings is 1. The fourth-order valence-electron chi connectivity index (χ4n) is 1.94. The first-order valence-electron chi connectivity index (χ1n) is 5.58. The number of nitrogens with one attached hydrogen (secondary N) is 1. The van der Waals surface area contributed by atoms with Gasteiger partial charge in [0.2, 0.25) is 0 Å². The maximum absolute atomic E-state index is 10.7. The molecule has 0 saturated carbocycles. The smallest absolute Gasteiger partial charge is 0.282 e. The van der Waals surface area contributed by atoms with Crippen LogP contribution in [-0.2, 0) is 0 Å². The Balaban J connectivity index is 2.21. The van der Waals surface area contributed by atoms with Crippen molar-refractivity contribution in [3.63, 3.8) is 0 Å². The van der Waals surface area contributed by atoms with Crippen LogP contribution in [0.25, 0.3) is 0 Å². The molecule has 6 heteroatoms. The zero-order valence-electron chi connectivity index (χ0n) is 9.36. The van der Waals surface area contributed by atoms with Gasteiger partial charge in [-0.15, -0.1) is 0 Å². The maximum Gasteiger partial charge on any atom is 0.282 e. The van der Waals surface area contributed by atoms with Crippen LogP contribution in [0.3, 0.4) is 0 Å². The van der Waals surface area contributed by atoms with Crippen LogP contribution in [0.2, 0.25) is 0 Å². The van der Waals surface area contributed by atoms with Crippen molar-refractivity contribution in [1.82, 2.24) is 5.32 Å². The molecule has 1 N–H and O–H groups in total.